The van der Waals surface area contributed by atoms with Crippen molar-refractivity contribution in [2.45, 2.75) is 51.4 Å². The molecule has 2 amide bonds. The molecule has 0 saturated heterocycles. The van der Waals surface area contributed by atoms with Gasteiger partial charge in [0.2, 0.25) is 5.91 Å². The number of rotatable bonds is 4. The number of pyridine rings is 1. The number of para-hydroxylation sites is 1. The standard InChI is InChI=1S/C21H27N3O2Si/c1-21(2,3)27(4,5)14-8-12-17(19(22)25)24-20(26)16-11-6-9-15-10-7-13-23-18(15)16/h6-7,9-11,13,17H,12H2,1-5H3,(H2,22,25)(H,24,26)/t17-/m0/s1. The van der Waals surface area contributed by atoms with Crippen molar-refractivity contribution in [3.05, 3.63) is 42.1 Å². The minimum atomic E-state index is -1.78. The summed E-state index contributed by atoms with van der Waals surface area (Å²) in [7, 11) is -1.78. The van der Waals surface area contributed by atoms with Crippen LogP contribution in [-0.2, 0) is 4.79 Å². The number of nitrogens with one attached hydrogen (secondary N) is 1. The van der Waals surface area contributed by atoms with Gasteiger partial charge in [-0.2, -0.15) is 0 Å². The van der Waals surface area contributed by atoms with E-state index in [0.717, 1.165) is 5.39 Å². The topological polar surface area (TPSA) is 85.1 Å². The summed E-state index contributed by atoms with van der Waals surface area (Å²) >= 11 is 0. The van der Waals surface area contributed by atoms with Gasteiger partial charge in [0, 0.05) is 18.0 Å². The monoisotopic (exact) mass is 381 g/mol. The summed E-state index contributed by atoms with van der Waals surface area (Å²) < 4.78 is 0. The number of carbonyl (C=O) groups excluding carboxylic acids is 2. The molecule has 6 heteroatoms. The van der Waals surface area contributed by atoms with Gasteiger partial charge in [-0.25, -0.2) is 0 Å². The van der Waals surface area contributed by atoms with Crippen LogP contribution < -0.4 is 11.1 Å². The predicted octanol–water partition coefficient (Wildman–Crippen LogP) is 3.26. The summed E-state index contributed by atoms with van der Waals surface area (Å²) in [5, 5.41) is 3.69. The van der Waals surface area contributed by atoms with E-state index in [1.54, 1.807) is 18.3 Å². The molecular formula is C21H27N3O2Si. The Bertz CT molecular complexity index is 915. The van der Waals surface area contributed by atoms with Gasteiger partial charge in [-0.15, -0.1) is 11.5 Å². The lowest BCUT2D eigenvalue weighted by atomic mass is 10.1. The Morgan fingerprint density at radius 3 is 2.52 bits per heavy atom. The Morgan fingerprint density at radius 1 is 1.22 bits per heavy atom. The van der Waals surface area contributed by atoms with Gasteiger partial charge in [0.05, 0.1) is 11.1 Å². The first-order valence-electron chi connectivity index (χ1n) is 8.97. The number of nitrogens with two attached hydrogens (primary N) is 1. The average molecular weight is 382 g/mol. The molecular weight excluding hydrogens is 354 g/mol. The summed E-state index contributed by atoms with van der Waals surface area (Å²) in [6, 6.07) is 8.21. The van der Waals surface area contributed by atoms with E-state index >= 15 is 0 Å². The number of primary amides is 1. The van der Waals surface area contributed by atoms with Crippen LogP contribution >= 0.6 is 0 Å². The van der Waals surface area contributed by atoms with Gasteiger partial charge in [-0.1, -0.05) is 52.1 Å². The Kier molecular flexibility index (Phi) is 6.07. The van der Waals surface area contributed by atoms with Crippen molar-refractivity contribution in [2.24, 2.45) is 5.73 Å². The molecule has 0 fully saturated rings. The SMILES string of the molecule is CC(C)(C)[Si](C)(C)C#CC[C@H](NC(=O)c1cccc2cccnc12)C(N)=O. The Balaban J connectivity index is 2.19. The molecule has 0 spiro atoms. The molecule has 0 radical (unpaired) electrons. The fourth-order valence-corrected chi connectivity index (χ4v) is 3.23. The van der Waals surface area contributed by atoms with Crippen LogP contribution in [0, 0.1) is 11.5 Å². The zero-order valence-corrected chi connectivity index (χ0v) is 17.6. The molecule has 0 aliphatic heterocycles. The number of carbonyl (C=O) groups is 2. The van der Waals surface area contributed by atoms with Crippen molar-refractivity contribution >= 4 is 30.8 Å². The lowest BCUT2D eigenvalue weighted by Gasteiger charge is -2.31. The first-order chi connectivity index (χ1) is 12.5. The molecule has 0 aliphatic rings. The van der Waals surface area contributed by atoms with Crippen LogP contribution in [0.3, 0.4) is 0 Å². The minimum Gasteiger partial charge on any atom is -0.368 e. The number of hydrogen-bond acceptors (Lipinski definition) is 3. The number of amides is 2. The van der Waals surface area contributed by atoms with E-state index in [1.807, 2.05) is 18.2 Å². The van der Waals surface area contributed by atoms with E-state index in [9.17, 15) is 9.59 Å². The molecule has 1 atom stereocenters. The van der Waals surface area contributed by atoms with Crippen molar-refractivity contribution in [1.29, 1.82) is 0 Å². The normalized spacial score (nSPS) is 12.8. The fourth-order valence-electron chi connectivity index (χ4n) is 2.31. The van der Waals surface area contributed by atoms with Gasteiger partial charge in [-0.3, -0.25) is 14.6 Å². The lowest BCUT2D eigenvalue weighted by Crippen LogP contribution is -2.44. The van der Waals surface area contributed by atoms with Crippen LogP contribution in [0.25, 0.3) is 10.9 Å². The number of aromatic nitrogens is 1. The van der Waals surface area contributed by atoms with Crippen LogP contribution in [0.4, 0.5) is 0 Å². The van der Waals surface area contributed by atoms with Crippen LogP contribution in [0.5, 0.6) is 0 Å². The third kappa shape index (κ3) is 4.95. The molecule has 1 aromatic carbocycles. The smallest absolute Gasteiger partial charge is 0.254 e. The quantitative estimate of drug-likeness (QED) is 0.630. The van der Waals surface area contributed by atoms with E-state index in [0.29, 0.717) is 11.1 Å². The van der Waals surface area contributed by atoms with E-state index in [-0.39, 0.29) is 17.4 Å². The molecule has 2 rings (SSSR count). The second kappa shape index (κ2) is 7.93. The van der Waals surface area contributed by atoms with Gasteiger partial charge in [0.1, 0.15) is 14.1 Å². The minimum absolute atomic E-state index is 0.125. The van der Waals surface area contributed by atoms with Crippen LogP contribution in [0.1, 0.15) is 37.6 Å². The third-order valence-corrected chi connectivity index (χ3v) is 9.66. The molecule has 1 aromatic heterocycles. The maximum Gasteiger partial charge on any atom is 0.254 e. The molecule has 27 heavy (non-hydrogen) atoms. The van der Waals surface area contributed by atoms with Gasteiger partial charge in [0.25, 0.3) is 5.91 Å². The lowest BCUT2D eigenvalue weighted by molar-refractivity contribution is -0.119. The van der Waals surface area contributed by atoms with E-state index < -0.39 is 20.0 Å². The molecule has 1 heterocycles. The highest BCUT2D eigenvalue weighted by molar-refractivity contribution is 6.87. The van der Waals surface area contributed by atoms with Gasteiger partial charge in [-0.05, 0) is 17.2 Å². The molecule has 5 nitrogen and oxygen atoms in total. The number of benzene rings is 1. The zero-order chi connectivity index (χ0) is 20.2. The summed E-state index contributed by atoms with van der Waals surface area (Å²) in [5.74, 6) is 2.11. The maximum absolute atomic E-state index is 12.7. The molecule has 3 N–H and O–H groups in total. The van der Waals surface area contributed by atoms with E-state index in [2.05, 4.69) is 55.6 Å². The van der Waals surface area contributed by atoms with Crippen LogP contribution in [0.15, 0.2) is 36.5 Å². The summed E-state index contributed by atoms with van der Waals surface area (Å²) in [6.45, 7) is 10.9. The highest BCUT2D eigenvalue weighted by Gasteiger charge is 2.33. The average Bonchev–Trinajstić information content (AvgIpc) is 2.59. The van der Waals surface area contributed by atoms with E-state index in [1.165, 1.54) is 0 Å². The van der Waals surface area contributed by atoms with E-state index in [4.69, 9.17) is 5.73 Å². The van der Waals surface area contributed by atoms with Crippen LogP contribution in [-0.4, -0.2) is 30.9 Å². The third-order valence-electron chi connectivity index (χ3n) is 5.11. The molecule has 2 aromatic rings. The highest BCUT2D eigenvalue weighted by atomic mass is 28.3. The van der Waals surface area contributed by atoms with Crippen molar-refractivity contribution in [2.75, 3.05) is 0 Å². The molecule has 0 bridgehead atoms. The molecule has 0 unspecified atom stereocenters. The first-order valence-corrected chi connectivity index (χ1v) is 12.0. The Morgan fingerprint density at radius 2 is 1.89 bits per heavy atom. The zero-order valence-electron chi connectivity index (χ0n) is 16.6. The fraction of sp³-hybridized carbons (Fsp3) is 0.381. The predicted molar refractivity (Wildman–Crippen MR) is 112 cm³/mol. The van der Waals surface area contributed by atoms with Gasteiger partial charge in [0.15, 0.2) is 0 Å². The second-order valence-corrected chi connectivity index (χ2v) is 13.2. The maximum atomic E-state index is 12.7. The largest absolute Gasteiger partial charge is 0.368 e. The van der Waals surface area contributed by atoms with Crippen molar-refractivity contribution in [3.8, 4) is 11.5 Å². The van der Waals surface area contributed by atoms with Crippen LogP contribution in [0.2, 0.25) is 18.1 Å². The molecule has 0 saturated carbocycles. The Labute approximate surface area is 161 Å². The van der Waals surface area contributed by atoms with Gasteiger partial charge >= 0.3 is 0 Å². The van der Waals surface area contributed by atoms with Crippen molar-refractivity contribution in [3.63, 3.8) is 0 Å². The number of hydrogen-bond donors (Lipinski definition) is 2. The first kappa shape index (κ1) is 20.7. The summed E-state index contributed by atoms with van der Waals surface area (Å²) in [4.78, 5) is 28.8. The van der Waals surface area contributed by atoms with Crippen molar-refractivity contribution in [1.82, 2.24) is 10.3 Å². The summed E-state index contributed by atoms with van der Waals surface area (Å²) in [6.07, 6.45) is 1.83. The number of nitrogens with zero attached hydrogens (tertiary/aromatic N) is 1. The Hall–Kier alpha value is -2.65. The molecule has 142 valence electrons. The summed E-state index contributed by atoms with van der Waals surface area (Å²) in [5.41, 5.74) is 9.83. The van der Waals surface area contributed by atoms with Crippen molar-refractivity contribution < 1.29 is 9.59 Å². The van der Waals surface area contributed by atoms with Gasteiger partial charge < -0.3 is 11.1 Å². The second-order valence-electron chi connectivity index (χ2n) is 8.19. The molecule has 0 aliphatic carbocycles. The highest BCUT2D eigenvalue weighted by Crippen LogP contribution is 2.35. The number of fused-ring (bicyclic) bond motifs is 1.